The molecule has 0 bridgehead atoms. The molecule has 86 heavy (non-hydrogen) atoms. The van der Waals surface area contributed by atoms with Crippen LogP contribution in [-0.2, 0) is 0 Å². The van der Waals surface area contributed by atoms with Crippen LogP contribution in [0.5, 0.6) is 23.0 Å². The molecule has 0 spiro atoms. The maximum Gasteiger partial charge on any atom is 0.256 e. The number of hydrogen-bond donors (Lipinski definition) is 0. The highest BCUT2D eigenvalue weighted by atomic mass is 16.5. The number of nitrogens with zero attached hydrogens (tertiary/aromatic N) is 4. The molecule has 4 aliphatic rings. The fourth-order valence-corrected chi connectivity index (χ4v) is 13.7. The van der Waals surface area contributed by atoms with Crippen molar-refractivity contribution < 1.29 is 9.47 Å². The second-order valence-electron chi connectivity index (χ2n) is 22.4. The van der Waals surface area contributed by atoms with Crippen LogP contribution in [0.25, 0.3) is 22.3 Å². The molecule has 0 atom stereocenters. The van der Waals surface area contributed by atoms with Gasteiger partial charge >= 0.3 is 0 Å². The highest BCUT2D eigenvalue weighted by Crippen LogP contribution is 2.50. The lowest BCUT2D eigenvalue weighted by Gasteiger charge is -2.43. The number of benzene rings is 13. The van der Waals surface area contributed by atoms with Crippen LogP contribution in [0, 0.1) is 0 Å². The number of para-hydroxylation sites is 6. The van der Waals surface area contributed by atoms with Gasteiger partial charge in [-0.3, -0.25) is 0 Å². The Kier molecular flexibility index (Phi) is 11.7. The van der Waals surface area contributed by atoms with Gasteiger partial charge in [0, 0.05) is 75.1 Å². The number of anilines is 12. The predicted octanol–water partition coefficient (Wildman–Crippen LogP) is 16.8. The van der Waals surface area contributed by atoms with Crippen LogP contribution in [0.4, 0.5) is 68.2 Å². The Morgan fingerprint density at radius 1 is 0.233 bits per heavy atom. The minimum atomic E-state index is -0.220. The lowest BCUT2D eigenvalue weighted by Crippen LogP contribution is -2.63. The largest absolute Gasteiger partial charge is 0.458 e. The van der Waals surface area contributed by atoms with E-state index < -0.39 is 0 Å². The molecular formula is C78H52B2N4O2. The summed E-state index contributed by atoms with van der Waals surface area (Å²) in [4.78, 5) is 9.59. The molecule has 0 N–H and O–H groups in total. The Morgan fingerprint density at radius 3 is 0.907 bits per heavy atom. The van der Waals surface area contributed by atoms with Gasteiger partial charge in [-0.1, -0.05) is 200 Å². The zero-order valence-corrected chi connectivity index (χ0v) is 46.8. The van der Waals surface area contributed by atoms with E-state index >= 15 is 0 Å². The monoisotopic (exact) mass is 1100 g/mol. The summed E-state index contributed by atoms with van der Waals surface area (Å²) in [6, 6.07) is 114. The molecule has 0 aliphatic carbocycles. The van der Waals surface area contributed by atoms with E-state index in [4.69, 9.17) is 9.47 Å². The normalized spacial score (nSPS) is 12.7. The summed E-state index contributed by atoms with van der Waals surface area (Å²) in [7, 11) is 0. The van der Waals surface area contributed by atoms with Gasteiger partial charge in [-0.05, 0) is 152 Å². The van der Waals surface area contributed by atoms with Gasteiger partial charge in [0.05, 0.1) is 11.4 Å². The van der Waals surface area contributed by atoms with E-state index in [0.29, 0.717) is 0 Å². The van der Waals surface area contributed by atoms with E-state index in [1.165, 1.54) is 10.9 Å². The third-order valence-corrected chi connectivity index (χ3v) is 17.5. The fourth-order valence-electron chi connectivity index (χ4n) is 13.7. The van der Waals surface area contributed by atoms with E-state index in [0.717, 1.165) is 135 Å². The molecule has 4 heterocycles. The highest BCUT2D eigenvalue weighted by Gasteiger charge is 2.47. The molecule has 0 aromatic heterocycles. The number of rotatable bonds is 10. The molecule has 0 saturated heterocycles. The molecule has 0 amide bonds. The molecule has 0 saturated carbocycles. The van der Waals surface area contributed by atoms with E-state index in [1.54, 1.807) is 0 Å². The third-order valence-electron chi connectivity index (χ3n) is 17.5. The summed E-state index contributed by atoms with van der Waals surface area (Å²) in [5.74, 6) is 3.11. The molecule has 6 nitrogen and oxygen atoms in total. The van der Waals surface area contributed by atoms with Crippen molar-refractivity contribution in [2.24, 2.45) is 0 Å². The summed E-state index contributed by atoms with van der Waals surface area (Å²) >= 11 is 0. The van der Waals surface area contributed by atoms with Gasteiger partial charge < -0.3 is 29.1 Å². The van der Waals surface area contributed by atoms with Gasteiger partial charge in [0.1, 0.15) is 23.0 Å². The fraction of sp³-hybridized carbons (Fsp3) is 0. The van der Waals surface area contributed by atoms with Crippen LogP contribution in [-0.4, -0.2) is 13.4 Å². The van der Waals surface area contributed by atoms with Crippen molar-refractivity contribution in [3.05, 3.63) is 315 Å². The second kappa shape index (κ2) is 20.3. The quantitative estimate of drug-likeness (QED) is 0.127. The van der Waals surface area contributed by atoms with Crippen molar-refractivity contribution in [1.29, 1.82) is 0 Å². The molecule has 13 aromatic carbocycles. The molecule has 0 unspecified atom stereocenters. The first kappa shape index (κ1) is 49.4. The average Bonchev–Trinajstić information content (AvgIpc) is 1.06. The summed E-state index contributed by atoms with van der Waals surface area (Å²) in [5, 5.41) is 0. The molecule has 0 fully saturated rings. The van der Waals surface area contributed by atoms with Crippen LogP contribution in [0.1, 0.15) is 0 Å². The van der Waals surface area contributed by atoms with Crippen molar-refractivity contribution in [2.45, 2.75) is 0 Å². The van der Waals surface area contributed by atoms with Gasteiger partial charge in [0.15, 0.2) is 0 Å². The molecule has 17 rings (SSSR count). The Hall–Kier alpha value is -11.2. The topological polar surface area (TPSA) is 31.4 Å². The summed E-state index contributed by atoms with van der Waals surface area (Å²) in [6.07, 6.45) is 0. The molecule has 0 radical (unpaired) electrons. The highest BCUT2D eigenvalue weighted by molar-refractivity contribution is 7.02. The molecule has 4 aliphatic heterocycles. The average molecular weight is 1100 g/mol. The van der Waals surface area contributed by atoms with Crippen LogP contribution >= 0.6 is 0 Å². The third kappa shape index (κ3) is 8.13. The van der Waals surface area contributed by atoms with Gasteiger partial charge in [-0.15, -0.1) is 0 Å². The van der Waals surface area contributed by atoms with Crippen molar-refractivity contribution in [1.82, 2.24) is 0 Å². The zero-order chi connectivity index (χ0) is 56.7. The maximum atomic E-state index is 7.58. The Balaban J connectivity index is 0.928. The lowest BCUT2D eigenvalue weighted by molar-refractivity contribution is 0.466. The van der Waals surface area contributed by atoms with Crippen molar-refractivity contribution in [3.63, 3.8) is 0 Å². The molecule has 402 valence electrons. The van der Waals surface area contributed by atoms with Gasteiger partial charge in [0.2, 0.25) is 0 Å². The molecule has 8 heteroatoms. The first-order valence-electron chi connectivity index (χ1n) is 29.5. The molecular weight excluding hydrogens is 1050 g/mol. The van der Waals surface area contributed by atoms with Crippen LogP contribution in [0.3, 0.4) is 0 Å². The summed E-state index contributed by atoms with van der Waals surface area (Å²) < 4.78 is 15.2. The zero-order valence-electron chi connectivity index (χ0n) is 46.8. The smallest absolute Gasteiger partial charge is 0.256 e. The van der Waals surface area contributed by atoms with Gasteiger partial charge in [-0.2, -0.15) is 0 Å². The SMILES string of the molecule is c1ccc(-c2ccc3c(c2)N(c2ccccc2)c2cc(N(c4ccccc4)c4ccccc4)cc4c2B3c2cc3c(cc2O4)Oc2cc(N(c4ccccc4)c4ccccc4)cc4c2B3c2ccc(-c3ccccc3)cc2N4c2ccccc2)cc1. The minimum Gasteiger partial charge on any atom is -0.458 e. The van der Waals surface area contributed by atoms with E-state index in [9.17, 15) is 0 Å². The first-order valence-corrected chi connectivity index (χ1v) is 29.5. The van der Waals surface area contributed by atoms with Gasteiger partial charge in [-0.25, -0.2) is 0 Å². The van der Waals surface area contributed by atoms with Crippen LogP contribution in [0.2, 0.25) is 0 Å². The standard InChI is InChI=1S/C78H52B2N4O2/c1-9-25-53(26-10-1)55-41-43-65-69(45-55)83(61-37-21-7-22-38-61)71-47-63(81(57-29-13-3-14-30-57)58-31-15-4-16-32-58)49-75-77(71)79(65)67-51-68-74(52-73(67)85-75)86-76-50-64(82(59-33-17-5-18-34-59)60-35-19-6-20-36-60)48-72-78(76)80(68)66-44-42-56(54-27-11-2-12-28-54)46-70(66)84(72)62-39-23-8-24-40-62/h1-52H. The Bertz CT molecular complexity index is 4340. The van der Waals surface area contributed by atoms with E-state index in [2.05, 4.69) is 335 Å². The maximum absolute atomic E-state index is 7.58. The second-order valence-corrected chi connectivity index (χ2v) is 22.4. The number of hydrogen-bond acceptors (Lipinski definition) is 6. The lowest BCUT2D eigenvalue weighted by atomic mass is 9.31. The van der Waals surface area contributed by atoms with Crippen molar-refractivity contribution in [2.75, 3.05) is 19.6 Å². The summed E-state index contributed by atoms with van der Waals surface area (Å²) in [6.45, 7) is -0.440. The van der Waals surface area contributed by atoms with Crippen LogP contribution < -0.4 is 61.9 Å². The van der Waals surface area contributed by atoms with Crippen molar-refractivity contribution in [3.8, 4) is 45.3 Å². The Labute approximate surface area is 501 Å². The van der Waals surface area contributed by atoms with Crippen LogP contribution in [0.15, 0.2) is 315 Å². The van der Waals surface area contributed by atoms with E-state index in [1.807, 2.05) is 0 Å². The predicted molar refractivity (Wildman–Crippen MR) is 358 cm³/mol. The molecule has 13 aromatic rings. The number of fused-ring (bicyclic) bond motifs is 8. The summed E-state index contributed by atoms with van der Waals surface area (Å²) in [5.41, 5.74) is 24.0. The minimum absolute atomic E-state index is 0.220. The van der Waals surface area contributed by atoms with Crippen molar-refractivity contribution >= 4 is 114 Å². The number of ether oxygens (including phenoxy) is 2. The van der Waals surface area contributed by atoms with Gasteiger partial charge in [0.25, 0.3) is 13.4 Å². The Morgan fingerprint density at radius 2 is 0.558 bits per heavy atom. The van der Waals surface area contributed by atoms with E-state index in [-0.39, 0.29) is 13.4 Å². The first-order chi connectivity index (χ1) is 42.7.